The van der Waals surface area contributed by atoms with Crippen LogP contribution in [0.1, 0.15) is 72.3 Å². The number of hydrogen-bond donors (Lipinski definition) is 3. The van der Waals surface area contributed by atoms with Gasteiger partial charge in [-0.05, 0) is 92.2 Å². The minimum atomic E-state index is -0.713. The summed E-state index contributed by atoms with van der Waals surface area (Å²) in [6.07, 6.45) is 4.69. The third-order valence-electron chi connectivity index (χ3n) is 14.8. The van der Waals surface area contributed by atoms with Crippen LogP contribution in [0.3, 0.4) is 0 Å². The highest BCUT2D eigenvalue weighted by Gasteiger charge is 3.12. The quantitative estimate of drug-likeness (QED) is 0.224. The Morgan fingerprint density at radius 1 is 0.942 bits per heavy atom. The standard InChI is InChI=1S/C41H59N5O6/c1-9-22(4)33(43-35(47)26-17-13-14-18-45(26)6)37(49)46(7)34(21(2)3)36(48)44-41-30-27-31(41)29-32(41)28(30)40(27,29)39(51)42-25(19-23(5)38(50)52-8)20-24-15-11-10-12-16-24/h10-12,15-16,21-23,25-34H,9,13-14,17-20H2,1-8H3,(H,42,51)(H,43,47)(H,44,48)/t22-,23-,25+,26+,27?,28?,29?,30?,31?,32?,33-,34-,40?,41?/m0/s1. The molecule has 1 aromatic rings. The Labute approximate surface area is 308 Å². The number of ether oxygens (including phenoxy) is 1. The maximum Gasteiger partial charge on any atom is 0.308 e. The summed E-state index contributed by atoms with van der Waals surface area (Å²) in [4.78, 5) is 71.8. The molecule has 52 heavy (non-hydrogen) atoms. The molecule has 6 aliphatic carbocycles. The van der Waals surface area contributed by atoms with Gasteiger partial charge in [0.15, 0.2) is 0 Å². The molecule has 7 aliphatic rings. The van der Waals surface area contributed by atoms with Gasteiger partial charge < -0.3 is 25.6 Å². The zero-order chi connectivity index (χ0) is 37.4. The van der Waals surface area contributed by atoms with Crippen molar-refractivity contribution in [3.63, 3.8) is 0 Å². The van der Waals surface area contributed by atoms with Crippen LogP contribution >= 0.6 is 0 Å². The summed E-state index contributed by atoms with van der Waals surface area (Å²) in [7, 11) is 5.06. The monoisotopic (exact) mass is 717 g/mol. The molecule has 284 valence electrons. The SMILES string of the molecule is CC[C@H](C)[C@H](NC(=O)[C@H]1CCCCN1C)C(=O)N(C)[C@H](C(=O)NC12C3C4C1C1C2C3C41C(=O)N[C@@H](Cc1ccccc1)C[C@H](C)C(=O)OC)C(C)C. The Morgan fingerprint density at radius 3 is 2.13 bits per heavy atom. The molecule has 11 heteroatoms. The summed E-state index contributed by atoms with van der Waals surface area (Å²) in [5.41, 5.74) is 0.516. The second-order valence-electron chi connectivity index (χ2n) is 17.5. The highest BCUT2D eigenvalue weighted by molar-refractivity contribution is 5.96. The topological polar surface area (TPSA) is 137 Å². The molecule has 1 aliphatic heterocycles. The fourth-order valence-electron chi connectivity index (χ4n) is 12.3. The summed E-state index contributed by atoms with van der Waals surface area (Å²) in [5.74, 6) is 0.535. The van der Waals surface area contributed by atoms with Crippen molar-refractivity contribution in [2.45, 2.75) is 103 Å². The van der Waals surface area contributed by atoms with Crippen LogP contribution in [0, 0.1) is 58.7 Å². The second kappa shape index (κ2) is 13.4. The molecule has 0 spiro atoms. The highest BCUT2D eigenvalue weighted by Crippen LogP contribution is 3.07. The van der Waals surface area contributed by atoms with Crippen molar-refractivity contribution in [2.75, 3.05) is 27.7 Å². The van der Waals surface area contributed by atoms with Crippen molar-refractivity contribution in [1.82, 2.24) is 25.8 Å². The van der Waals surface area contributed by atoms with Crippen molar-refractivity contribution in [3.8, 4) is 0 Å². The Balaban J connectivity index is 0.994. The van der Waals surface area contributed by atoms with Gasteiger partial charge in [-0.15, -0.1) is 0 Å². The number of nitrogens with zero attached hydrogens (tertiary/aromatic N) is 2. The number of carbonyl (C=O) groups excluding carboxylic acids is 5. The molecule has 11 nitrogen and oxygen atoms in total. The summed E-state index contributed by atoms with van der Waals surface area (Å²) in [5, 5.41) is 9.94. The smallest absolute Gasteiger partial charge is 0.308 e. The third-order valence-corrected chi connectivity index (χ3v) is 14.8. The van der Waals surface area contributed by atoms with Crippen LogP contribution in [0.15, 0.2) is 30.3 Å². The van der Waals surface area contributed by atoms with Gasteiger partial charge in [0.25, 0.3) is 0 Å². The fraction of sp³-hybridized carbons (Fsp3) is 0.732. The predicted octanol–water partition coefficient (Wildman–Crippen LogP) is 3.02. The summed E-state index contributed by atoms with van der Waals surface area (Å²) >= 11 is 0. The first-order valence-electron chi connectivity index (χ1n) is 19.8. The average Bonchev–Trinajstić information content (AvgIpc) is 3.13. The van der Waals surface area contributed by atoms with Crippen molar-refractivity contribution in [3.05, 3.63) is 35.9 Å². The Hall–Kier alpha value is -3.47. The minimum absolute atomic E-state index is 0.0914. The fourth-order valence-corrected chi connectivity index (χ4v) is 12.3. The maximum atomic E-state index is 14.2. The van der Waals surface area contributed by atoms with Crippen LogP contribution in [0.5, 0.6) is 0 Å². The van der Waals surface area contributed by atoms with Crippen LogP contribution in [-0.4, -0.2) is 96.9 Å². The number of esters is 1. The lowest BCUT2D eigenvalue weighted by molar-refractivity contribution is -0.607. The predicted molar refractivity (Wildman–Crippen MR) is 195 cm³/mol. The highest BCUT2D eigenvalue weighted by atomic mass is 16.5. The Kier molecular flexibility index (Phi) is 9.52. The van der Waals surface area contributed by atoms with E-state index in [1.165, 1.54) is 7.11 Å². The molecule has 0 unspecified atom stereocenters. The molecule has 1 saturated heterocycles. The number of likely N-dealkylation sites (N-methyl/N-ethyl adjacent to an activating group) is 2. The van der Waals surface area contributed by atoms with Crippen LogP contribution in [-0.2, 0) is 35.1 Å². The molecule has 7 fully saturated rings. The Morgan fingerprint density at radius 2 is 1.58 bits per heavy atom. The first-order chi connectivity index (χ1) is 24.8. The molecule has 8 rings (SSSR count). The van der Waals surface area contributed by atoms with E-state index >= 15 is 0 Å². The van der Waals surface area contributed by atoms with E-state index in [1.807, 2.05) is 72.0 Å². The second-order valence-corrected chi connectivity index (χ2v) is 17.5. The molecule has 4 amide bonds. The first-order valence-corrected chi connectivity index (χ1v) is 19.8. The van der Waals surface area contributed by atoms with Crippen LogP contribution in [0.4, 0.5) is 0 Å². The van der Waals surface area contributed by atoms with Gasteiger partial charge >= 0.3 is 5.97 Å². The third kappa shape index (κ3) is 5.03. The van der Waals surface area contributed by atoms with E-state index in [-0.39, 0.29) is 88.1 Å². The first kappa shape index (κ1) is 36.9. The molecule has 6 saturated carbocycles. The molecule has 0 bridgehead atoms. The van der Waals surface area contributed by atoms with E-state index in [9.17, 15) is 24.0 Å². The van der Waals surface area contributed by atoms with Crippen molar-refractivity contribution in [1.29, 1.82) is 0 Å². The molecule has 6 atom stereocenters. The van der Waals surface area contributed by atoms with Gasteiger partial charge in [0.2, 0.25) is 23.6 Å². The van der Waals surface area contributed by atoms with Gasteiger partial charge in [-0.1, -0.05) is 77.8 Å². The van der Waals surface area contributed by atoms with E-state index in [1.54, 1.807) is 11.9 Å². The number of benzene rings is 1. The number of carbonyl (C=O) groups is 5. The number of hydrogen-bond acceptors (Lipinski definition) is 7. The zero-order valence-corrected chi connectivity index (χ0v) is 32.2. The minimum Gasteiger partial charge on any atom is -0.469 e. The van der Waals surface area contributed by atoms with Crippen LogP contribution in [0.2, 0.25) is 0 Å². The van der Waals surface area contributed by atoms with Gasteiger partial charge in [-0.25, -0.2) is 0 Å². The van der Waals surface area contributed by atoms with Crippen molar-refractivity contribution < 1.29 is 28.7 Å². The zero-order valence-electron chi connectivity index (χ0n) is 32.2. The maximum absolute atomic E-state index is 14.2. The molecule has 1 aromatic carbocycles. The van der Waals surface area contributed by atoms with Gasteiger partial charge in [0.1, 0.15) is 12.1 Å². The molecule has 0 aromatic heterocycles. The van der Waals surface area contributed by atoms with E-state index in [4.69, 9.17) is 4.74 Å². The van der Waals surface area contributed by atoms with Gasteiger partial charge in [-0.2, -0.15) is 0 Å². The van der Waals surface area contributed by atoms with Crippen molar-refractivity contribution >= 4 is 29.6 Å². The summed E-state index contributed by atoms with van der Waals surface area (Å²) < 4.78 is 4.99. The number of methoxy groups -OCH3 is 1. The number of amides is 4. The van der Waals surface area contributed by atoms with E-state index < -0.39 is 12.1 Å². The largest absolute Gasteiger partial charge is 0.469 e. The molecule has 1 heterocycles. The molecular weight excluding hydrogens is 658 g/mol. The Bertz CT molecular complexity index is 1540. The number of piperidine rings is 1. The number of rotatable bonds is 16. The molecule has 3 N–H and O–H groups in total. The van der Waals surface area contributed by atoms with Gasteiger partial charge in [0, 0.05) is 13.1 Å². The normalized spacial score (nSPS) is 35.7. The van der Waals surface area contributed by atoms with Gasteiger partial charge in [-0.3, -0.25) is 28.9 Å². The van der Waals surface area contributed by atoms with Gasteiger partial charge in [0.05, 0.1) is 30.0 Å². The van der Waals surface area contributed by atoms with Crippen molar-refractivity contribution in [2.24, 2.45) is 58.7 Å². The van der Waals surface area contributed by atoms with Crippen LogP contribution < -0.4 is 16.0 Å². The summed E-state index contributed by atoms with van der Waals surface area (Å²) in [6, 6.07) is 8.20. The summed E-state index contributed by atoms with van der Waals surface area (Å²) in [6.45, 7) is 10.6. The number of likely N-dealkylation sites (tertiary alicyclic amines) is 1. The lowest BCUT2D eigenvalue weighted by atomic mass is 8.94. The molecular formula is C41H59N5O6. The molecule has 0 radical (unpaired) electrons. The van der Waals surface area contributed by atoms with E-state index in [0.717, 1.165) is 31.4 Å². The van der Waals surface area contributed by atoms with Crippen LogP contribution in [0.25, 0.3) is 0 Å². The average molecular weight is 718 g/mol. The lowest BCUT2D eigenvalue weighted by Gasteiger charge is -3.10. The lowest BCUT2D eigenvalue weighted by Crippen LogP contribution is -3.16. The van der Waals surface area contributed by atoms with E-state index in [2.05, 4.69) is 20.9 Å². The number of nitrogens with one attached hydrogen (secondary N) is 3. The van der Waals surface area contributed by atoms with E-state index in [0.29, 0.717) is 37.0 Å².